The van der Waals surface area contributed by atoms with E-state index < -0.39 is 0 Å². The van der Waals surface area contributed by atoms with Crippen molar-refractivity contribution in [2.75, 3.05) is 26.2 Å². The van der Waals surface area contributed by atoms with E-state index in [1.807, 2.05) is 36.4 Å². The molecule has 0 aliphatic carbocycles. The summed E-state index contributed by atoms with van der Waals surface area (Å²) in [5.74, 6) is 0.924. The lowest BCUT2D eigenvalue weighted by Gasteiger charge is -2.08. The highest BCUT2D eigenvalue weighted by Crippen LogP contribution is 2.23. The molecule has 0 atom stereocenters. The second-order valence-electron chi connectivity index (χ2n) is 5.96. The summed E-state index contributed by atoms with van der Waals surface area (Å²) in [6, 6.07) is 18.0. The summed E-state index contributed by atoms with van der Waals surface area (Å²) >= 11 is 0. The Morgan fingerprint density at radius 1 is 0.870 bits per heavy atom. The first-order valence-corrected chi connectivity index (χ1v) is 8.31. The molecule has 1 aliphatic rings. The van der Waals surface area contributed by atoms with Gasteiger partial charge in [0.15, 0.2) is 0 Å². The first-order chi connectivity index (χ1) is 11.3. The predicted molar refractivity (Wildman–Crippen MR) is 92.4 cm³/mol. The summed E-state index contributed by atoms with van der Waals surface area (Å²) in [5.41, 5.74) is 2.94. The Bertz CT molecular complexity index is 652. The maximum Gasteiger partial charge on any atom is 0.119 e. The van der Waals surface area contributed by atoms with Crippen LogP contribution >= 0.6 is 0 Å². The monoisotopic (exact) mass is 306 g/mol. The van der Waals surface area contributed by atoms with E-state index in [1.165, 1.54) is 32.5 Å². The van der Waals surface area contributed by atoms with Crippen molar-refractivity contribution in [1.82, 2.24) is 4.90 Å². The Kier molecular flexibility index (Phi) is 5.29. The number of unbranched alkanes of at least 4 members (excludes halogenated alkanes) is 2. The van der Waals surface area contributed by atoms with Gasteiger partial charge in [-0.2, -0.15) is 5.26 Å². The highest BCUT2D eigenvalue weighted by Gasteiger charge is 2.15. The minimum atomic E-state index is 0.687. The van der Waals surface area contributed by atoms with Gasteiger partial charge < -0.3 is 9.64 Å². The molecule has 0 spiro atoms. The average Bonchev–Trinajstić information content (AvgIpc) is 3.43. The van der Waals surface area contributed by atoms with Crippen LogP contribution in [0.3, 0.4) is 0 Å². The van der Waals surface area contributed by atoms with E-state index in [-0.39, 0.29) is 0 Å². The molecule has 0 unspecified atom stereocenters. The van der Waals surface area contributed by atoms with Crippen LogP contribution in [0.4, 0.5) is 0 Å². The molecule has 23 heavy (non-hydrogen) atoms. The molecular formula is C20H22N2O. The number of hydrogen-bond donors (Lipinski definition) is 0. The molecule has 0 bridgehead atoms. The summed E-state index contributed by atoms with van der Waals surface area (Å²) < 4.78 is 5.80. The van der Waals surface area contributed by atoms with Gasteiger partial charge in [0.05, 0.1) is 18.2 Å². The lowest BCUT2D eigenvalue weighted by Crippen LogP contribution is -2.01. The van der Waals surface area contributed by atoms with Crippen molar-refractivity contribution in [3.8, 4) is 22.9 Å². The van der Waals surface area contributed by atoms with Gasteiger partial charge in [0, 0.05) is 13.1 Å². The van der Waals surface area contributed by atoms with Crippen molar-refractivity contribution in [1.29, 1.82) is 5.26 Å². The average molecular weight is 306 g/mol. The second-order valence-corrected chi connectivity index (χ2v) is 5.96. The lowest BCUT2D eigenvalue weighted by atomic mass is 10.0. The molecular weight excluding hydrogens is 284 g/mol. The molecule has 1 heterocycles. The Balaban J connectivity index is 1.43. The van der Waals surface area contributed by atoms with Crippen molar-refractivity contribution in [2.24, 2.45) is 0 Å². The van der Waals surface area contributed by atoms with Crippen molar-refractivity contribution in [2.45, 2.75) is 19.3 Å². The molecule has 1 fully saturated rings. The molecule has 0 saturated carbocycles. The largest absolute Gasteiger partial charge is 0.494 e. The third-order valence-electron chi connectivity index (χ3n) is 4.13. The zero-order valence-corrected chi connectivity index (χ0v) is 13.4. The summed E-state index contributed by atoms with van der Waals surface area (Å²) in [6.45, 7) is 4.62. The maximum atomic E-state index is 8.83. The molecule has 2 aromatic rings. The van der Waals surface area contributed by atoms with E-state index in [1.54, 1.807) is 0 Å². The SMILES string of the molecule is N#Cc1ccc(-c2ccc(OCCCCCN3CC3)cc2)cc1. The van der Waals surface area contributed by atoms with Crippen molar-refractivity contribution in [3.63, 3.8) is 0 Å². The fourth-order valence-electron chi connectivity index (χ4n) is 2.58. The molecule has 118 valence electrons. The van der Waals surface area contributed by atoms with Crippen LogP contribution in [0.5, 0.6) is 5.75 Å². The quantitative estimate of drug-likeness (QED) is 0.544. The number of benzene rings is 2. The third-order valence-corrected chi connectivity index (χ3v) is 4.13. The van der Waals surface area contributed by atoms with E-state index >= 15 is 0 Å². The number of nitriles is 1. The van der Waals surface area contributed by atoms with Crippen LogP contribution in [-0.2, 0) is 0 Å². The molecule has 1 aliphatic heterocycles. The molecule has 2 aromatic carbocycles. The smallest absolute Gasteiger partial charge is 0.119 e. The van der Waals surface area contributed by atoms with E-state index in [0.717, 1.165) is 29.9 Å². The van der Waals surface area contributed by atoms with Crippen LogP contribution < -0.4 is 4.74 Å². The van der Waals surface area contributed by atoms with Crippen molar-refractivity contribution in [3.05, 3.63) is 54.1 Å². The fourth-order valence-corrected chi connectivity index (χ4v) is 2.58. The normalized spacial score (nSPS) is 13.5. The second kappa shape index (κ2) is 7.80. The maximum absolute atomic E-state index is 8.83. The van der Waals surface area contributed by atoms with E-state index in [2.05, 4.69) is 23.1 Å². The Morgan fingerprint density at radius 2 is 1.52 bits per heavy atom. The molecule has 3 heteroatoms. The van der Waals surface area contributed by atoms with Gasteiger partial charge in [0.25, 0.3) is 0 Å². The number of ether oxygens (including phenoxy) is 1. The number of hydrogen-bond acceptors (Lipinski definition) is 3. The zero-order valence-electron chi connectivity index (χ0n) is 13.4. The zero-order chi connectivity index (χ0) is 15.9. The summed E-state index contributed by atoms with van der Waals surface area (Å²) in [4.78, 5) is 2.46. The van der Waals surface area contributed by atoms with Gasteiger partial charge in [-0.05, 0) is 61.2 Å². The van der Waals surface area contributed by atoms with Gasteiger partial charge in [-0.15, -0.1) is 0 Å². The Hall–Kier alpha value is -2.31. The summed E-state index contributed by atoms with van der Waals surface area (Å²) in [7, 11) is 0. The van der Waals surface area contributed by atoms with Gasteiger partial charge in [0.2, 0.25) is 0 Å². The fraction of sp³-hybridized carbons (Fsp3) is 0.350. The van der Waals surface area contributed by atoms with Crippen LogP contribution in [0.15, 0.2) is 48.5 Å². The van der Waals surface area contributed by atoms with E-state index in [9.17, 15) is 0 Å². The Morgan fingerprint density at radius 3 is 2.13 bits per heavy atom. The van der Waals surface area contributed by atoms with Crippen molar-refractivity contribution < 1.29 is 4.74 Å². The van der Waals surface area contributed by atoms with Crippen LogP contribution in [0.25, 0.3) is 11.1 Å². The van der Waals surface area contributed by atoms with Crippen LogP contribution in [0.2, 0.25) is 0 Å². The highest BCUT2D eigenvalue weighted by molar-refractivity contribution is 5.64. The van der Waals surface area contributed by atoms with Gasteiger partial charge in [0.1, 0.15) is 5.75 Å². The Labute approximate surface area is 138 Å². The van der Waals surface area contributed by atoms with Crippen LogP contribution in [-0.4, -0.2) is 31.1 Å². The minimum Gasteiger partial charge on any atom is -0.494 e. The molecule has 0 radical (unpaired) electrons. The number of nitrogens with zero attached hydrogens (tertiary/aromatic N) is 2. The number of rotatable bonds is 8. The van der Waals surface area contributed by atoms with Gasteiger partial charge >= 0.3 is 0 Å². The van der Waals surface area contributed by atoms with E-state index in [0.29, 0.717) is 5.56 Å². The standard InChI is InChI=1S/C20H22N2O/c21-16-17-4-6-18(7-5-17)19-8-10-20(11-9-19)23-15-3-1-2-12-22-13-14-22/h4-11H,1-3,12-15H2. The van der Waals surface area contributed by atoms with Crippen LogP contribution in [0, 0.1) is 11.3 Å². The lowest BCUT2D eigenvalue weighted by molar-refractivity contribution is 0.303. The first kappa shape index (κ1) is 15.6. The highest BCUT2D eigenvalue weighted by atomic mass is 16.5. The molecule has 3 rings (SSSR count). The predicted octanol–water partition coefficient (Wildman–Crippen LogP) is 4.09. The third kappa shape index (κ3) is 4.84. The summed E-state index contributed by atoms with van der Waals surface area (Å²) in [6.07, 6.45) is 3.63. The van der Waals surface area contributed by atoms with Crippen molar-refractivity contribution >= 4 is 0 Å². The molecule has 0 aromatic heterocycles. The molecule has 0 N–H and O–H groups in total. The minimum absolute atomic E-state index is 0.687. The topological polar surface area (TPSA) is 36.0 Å². The van der Waals surface area contributed by atoms with Gasteiger partial charge in [-0.1, -0.05) is 24.3 Å². The molecule has 3 nitrogen and oxygen atoms in total. The molecule has 0 amide bonds. The first-order valence-electron chi connectivity index (χ1n) is 8.31. The van der Waals surface area contributed by atoms with Gasteiger partial charge in [-0.25, -0.2) is 0 Å². The molecule has 1 saturated heterocycles. The van der Waals surface area contributed by atoms with E-state index in [4.69, 9.17) is 10.00 Å². The van der Waals surface area contributed by atoms with Crippen LogP contribution in [0.1, 0.15) is 24.8 Å². The van der Waals surface area contributed by atoms with Gasteiger partial charge in [-0.3, -0.25) is 0 Å². The summed E-state index contributed by atoms with van der Waals surface area (Å²) in [5, 5.41) is 8.83.